The maximum absolute atomic E-state index is 5.25. The van der Waals surface area contributed by atoms with E-state index in [1.807, 2.05) is 24.5 Å². The number of hydrogen-bond donors (Lipinski definition) is 1. The lowest BCUT2D eigenvalue weighted by atomic mass is 10.00. The SMILES string of the molecule is COc1ccc(C(N[C@@H](C)c2ccncc2)C2CC2)cc1. The van der Waals surface area contributed by atoms with Crippen LogP contribution >= 0.6 is 0 Å². The Balaban J connectivity index is 1.75. The Bertz CT molecular complexity index is 564. The fourth-order valence-electron chi connectivity index (χ4n) is 2.76. The molecule has 2 atom stereocenters. The van der Waals surface area contributed by atoms with Crippen LogP contribution in [0.1, 0.15) is 43.0 Å². The molecule has 1 aliphatic carbocycles. The monoisotopic (exact) mass is 282 g/mol. The Labute approximate surface area is 126 Å². The van der Waals surface area contributed by atoms with Crippen molar-refractivity contribution in [1.29, 1.82) is 0 Å². The van der Waals surface area contributed by atoms with Crippen LogP contribution in [0.3, 0.4) is 0 Å². The zero-order valence-corrected chi connectivity index (χ0v) is 12.6. The summed E-state index contributed by atoms with van der Waals surface area (Å²) >= 11 is 0. The van der Waals surface area contributed by atoms with E-state index in [9.17, 15) is 0 Å². The molecule has 1 unspecified atom stereocenters. The molecule has 0 spiro atoms. The summed E-state index contributed by atoms with van der Waals surface area (Å²) in [5.41, 5.74) is 2.63. The lowest BCUT2D eigenvalue weighted by Gasteiger charge is -2.24. The maximum atomic E-state index is 5.25. The van der Waals surface area contributed by atoms with E-state index in [1.54, 1.807) is 7.11 Å². The van der Waals surface area contributed by atoms with Crippen molar-refractivity contribution in [2.45, 2.75) is 31.8 Å². The number of aromatic nitrogens is 1. The largest absolute Gasteiger partial charge is 0.497 e. The van der Waals surface area contributed by atoms with Gasteiger partial charge in [0.2, 0.25) is 0 Å². The highest BCUT2D eigenvalue weighted by molar-refractivity contribution is 5.30. The summed E-state index contributed by atoms with van der Waals surface area (Å²) in [6, 6.07) is 13.3. The molecule has 21 heavy (non-hydrogen) atoms. The van der Waals surface area contributed by atoms with Gasteiger partial charge in [0, 0.05) is 24.5 Å². The summed E-state index contributed by atoms with van der Waals surface area (Å²) in [6.45, 7) is 2.22. The number of benzene rings is 1. The second-order valence-corrected chi connectivity index (χ2v) is 5.76. The van der Waals surface area contributed by atoms with Crippen molar-refractivity contribution in [1.82, 2.24) is 10.3 Å². The van der Waals surface area contributed by atoms with E-state index < -0.39 is 0 Å². The predicted octanol–water partition coefficient (Wildman–Crippen LogP) is 3.89. The summed E-state index contributed by atoms with van der Waals surface area (Å²) in [6.07, 6.45) is 6.33. The van der Waals surface area contributed by atoms with Crippen molar-refractivity contribution in [3.05, 3.63) is 59.9 Å². The lowest BCUT2D eigenvalue weighted by Crippen LogP contribution is -2.26. The Morgan fingerprint density at radius 2 is 1.71 bits per heavy atom. The molecule has 1 aromatic carbocycles. The molecule has 0 saturated heterocycles. The summed E-state index contributed by atoms with van der Waals surface area (Å²) in [4.78, 5) is 4.09. The normalized spacial score (nSPS) is 17.2. The van der Waals surface area contributed by atoms with Gasteiger partial charge in [-0.3, -0.25) is 4.98 Å². The second-order valence-electron chi connectivity index (χ2n) is 5.76. The summed E-state index contributed by atoms with van der Waals surface area (Å²) in [5.74, 6) is 1.66. The quantitative estimate of drug-likeness (QED) is 0.872. The molecule has 110 valence electrons. The number of nitrogens with zero attached hydrogens (tertiary/aromatic N) is 1. The molecule has 1 saturated carbocycles. The van der Waals surface area contributed by atoms with Gasteiger partial charge >= 0.3 is 0 Å². The van der Waals surface area contributed by atoms with E-state index in [-0.39, 0.29) is 0 Å². The van der Waals surface area contributed by atoms with E-state index in [1.165, 1.54) is 24.0 Å². The number of methoxy groups -OCH3 is 1. The van der Waals surface area contributed by atoms with Crippen LogP contribution < -0.4 is 10.1 Å². The minimum absolute atomic E-state index is 0.320. The highest BCUT2D eigenvalue weighted by Crippen LogP contribution is 2.42. The third-order valence-electron chi connectivity index (χ3n) is 4.20. The Hall–Kier alpha value is -1.87. The minimum Gasteiger partial charge on any atom is -0.497 e. The van der Waals surface area contributed by atoms with E-state index in [4.69, 9.17) is 4.74 Å². The van der Waals surface area contributed by atoms with Crippen LogP contribution in [-0.2, 0) is 0 Å². The Morgan fingerprint density at radius 1 is 1.05 bits per heavy atom. The highest BCUT2D eigenvalue weighted by atomic mass is 16.5. The van der Waals surface area contributed by atoms with Gasteiger partial charge in [0.1, 0.15) is 5.75 Å². The van der Waals surface area contributed by atoms with Crippen LogP contribution in [0.25, 0.3) is 0 Å². The Morgan fingerprint density at radius 3 is 2.29 bits per heavy atom. The van der Waals surface area contributed by atoms with Crippen molar-refractivity contribution in [3.8, 4) is 5.75 Å². The zero-order chi connectivity index (χ0) is 14.7. The number of rotatable bonds is 6. The molecule has 2 aromatic rings. The first-order valence-corrected chi connectivity index (χ1v) is 7.58. The molecule has 0 bridgehead atoms. The molecule has 1 heterocycles. The van der Waals surface area contributed by atoms with Crippen LogP contribution in [0.4, 0.5) is 0 Å². The first-order chi connectivity index (χ1) is 10.3. The van der Waals surface area contributed by atoms with Crippen molar-refractivity contribution in [2.24, 2.45) is 5.92 Å². The summed E-state index contributed by atoms with van der Waals surface area (Å²) in [7, 11) is 1.71. The average molecular weight is 282 g/mol. The van der Waals surface area contributed by atoms with Gasteiger partial charge in [-0.1, -0.05) is 12.1 Å². The number of hydrogen-bond acceptors (Lipinski definition) is 3. The Kier molecular flexibility index (Phi) is 4.20. The first kappa shape index (κ1) is 14.1. The summed E-state index contributed by atoms with van der Waals surface area (Å²) < 4.78 is 5.25. The van der Waals surface area contributed by atoms with E-state index in [2.05, 4.69) is 41.5 Å². The van der Waals surface area contributed by atoms with Gasteiger partial charge < -0.3 is 10.1 Å². The average Bonchev–Trinajstić information content (AvgIpc) is 3.38. The highest BCUT2D eigenvalue weighted by Gasteiger charge is 2.33. The standard InChI is InChI=1S/C18H22N2O/c1-13(14-9-11-19-12-10-14)20-18(15-3-4-15)16-5-7-17(21-2)8-6-16/h5-13,15,18,20H,3-4H2,1-2H3/t13-,18?/m0/s1. The molecule has 0 aliphatic heterocycles. The summed E-state index contributed by atoms with van der Waals surface area (Å²) in [5, 5.41) is 3.78. The third-order valence-corrected chi connectivity index (χ3v) is 4.20. The van der Waals surface area contributed by atoms with Crippen molar-refractivity contribution < 1.29 is 4.74 Å². The molecule has 3 nitrogen and oxygen atoms in total. The molecule has 0 amide bonds. The molecule has 3 heteroatoms. The van der Waals surface area contributed by atoms with Gasteiger partial charge in [0.15, 0.2) is 0 Å². The van der Waals surface area contributed by atoms with Crippen LogP contribution in [0.2, 0.25) is 0 Å². The molecular weight excluding hydrogens is 260 g/mol. The number of nitrogens with one attached hydrogen (secondary N) is 1. The number of pyridine rings is 1. The molecular formula is C18H22N2O. The van der Waals surface area contributed by atoms with Gasteiger partial charge in [-0.2, -0.15) is 0 Å². The molecule has 1 aromatic heterocycles. The molecule has 3 rings (SSSR count). The fourth-order valence-corrected chi connectivity index (χ4v) is 2.76. The van der Waals surface area contributed by atoms with Crippen LogP contribution in [-0.4, -0.2) is 12.1 Å². The smallest absolute Gasteiger partial charge is 0.118 e. The maximum Gasteiger partial charge on any atom is 0.118 e. The molecule has 1 aliphatic rings. The fraction of sp³-hybridized carbons (Fsp3) is 0.389. The van der Waals surface area contributed by atoms with Gasteiger partial charge in [-0.25, -0.2) is 0 Å². The van der Waals surface area contributed by atoms with Crippen molar-refractivity contribution in [3.63, 3.8) is 0 Å². The second kappa shape index (κ2) is 6.27. The van der Waals surface area contributed by atoms with Crippen molar-refractivity contribution in [2.75, 3.05) is 7.11 Å². The van der Waals surface area contributed by atoms with Gasteiger partial charge in [0.05, 0.1) is 7.11 Å². The van der Waals surface area contributed by atoms with E-state index >= 15 is 0 Å². The minimum atomic E-state index is 0.320. The van der Waals surface area contributed by atoms with Gasteiger partial charge in [-0.05, 0) is 61.1 Å². The van der Waals surface area contributed by atoms with E-state index in [0.717, 1.165) is 11.7 Å². The third kappa shape index (κ3) is 3.42. The first-order valence-electron chi connectivity index (χ1n) is 7.58. The zero-order valence-electron chi connectivity index (χ0n) is 12.6. The van der Waals surface area contributed by atoms with Crippen LogP contribution in [0.5, 0.6) is 5.75 Å². The van der Waals surface area contributed by atoms with Gasteiger partial charge in [0.25, 0.3) is 0 Å². The topological polar surface area (TPSA) is 34.1 Å². The number of ether oxygens (including phenoxy) is 1. The molecule has 1 fully saturated rings. The molecule has 0 radical (unpaired) electrons. The van der Waals surface area contributed by atoms with Crippen LogP contribution in [0.15, 0.2) is 48.8 Å². The van der Waals surface area contributed by atoms with Gasteiger partial charge in [-0.15, -0.1) is 0 Å². The van der Waals surface area contributed by atoms with Crippen LogP contribution in [0, 0.1) is 5.92 Å². The lowest BCUT2D eigenvalue weighted by molar-refractivity contribution is 0.411. The molecule has 1 N–H and O–H groups in total. The van der Waals surface area contributed by atoms with E-state index in [0.29, 0.717) is 12.1 Å². The van der Waals surface area contributed by atoms with Crippen molar-refractivity contribution >= 4 is 0 Å². The predicted molar refractivity (Wildman–Crippen MR) is 84.2 cm³/mol.